The lowest BCUT2D eigenvalue weighted by Crippen LogP contribution is -2.59. The van der Waals surface area contributed by atoms with Crippen molar-refractivity contribution in [3.05, 3.63) is 221 Å². The summed E-state index contributed by atoms with van der Waals surface area (Å²) in [5.74, 6) is 0.294. The molecule has 0 radical (unpaired) electrons. The van der Waals surface area contributed by atoms with Crippen LogP contribution < -0.4 is 14.2 Å². The van der Waals surface area contributed by atoms with Gasteiger partial charge in [0.05, 0.1) is 66.2 Å². The Labute approximate surface area is 456 Å². The Morgan fingerprint density at radius 1 is 0.570 bits per heavy atom. The first-order chi connectivity index (χ1) is 38.9. The summed E-state index contributed by atoms with van der Waals surface area (Å²) in [5.41, 5.74) is 7.43. The van der Waals surface area contributed by atoms with Gasteiger partial charge in [-0.3, -0.25) is 14.4 Å². The van der Waals surface area contributed by atoms with E-state index < -0.39 is 49.5 Å². The van der Waals surface area contributed by atoms with Gasteiger partial charge in [0, 0.05) is 27.6 Å². The standard InChI is InChI=1S/C64H56BN3O11/c1-65(71)68-62(69)55-53-46-32-50-51(74-30-29-73-50)33-48(46)66-57(53)58-54(56(55)63(68)70)47-31-45(75-35-41-19-9-3-10-20-41)27-28-49(47)67(58)64-61(78-38-44-25-15-6-16-26-44)60(77-37-43-23-13-5-14-24-43)59(76-36-42-21-11-4-12-22-42)52(79-64)39-72-34-40-17-7-2-8-18-40/h2-28,31-33,52,59-61,64,66,71H,29-30,34-39H2,1H3. The maximum absolute atomic E-state index is 15.3. The van der Waals surface area contributed by atoms with Crippen LogP contribution >= 0.6 is 0 Å². The van der Waals surface area contributed by atoms with Gasteiger partial charge in [-0.1, -0.05) is 152 Å². The fourth-order valence-corrected chi connectivity index (χ4v) is 11.4. The smallest absolute Gasteiger partial charge is 0.419 e. The van der Waals surface area contributed by atoms with Crippen LogP contribution in [0.5, 0.6) is 17.2 Å². The normalized spacial score (nSPS) is 19.0. The number of hydrogen-bond acceptors (Lipinski definition) is 11. The van der Waals surface area contributed by atoms with Gasteiger partial charge in [-0.25, -0.2) is 0 Å². The monoisotopic (exact) mass is 1050 g/mol. The van der Waals surface area contributed by atoms with Crippen molar-refractivity contribution in [2.45, 2.75) is 70.5 Å². The Morgan fingerprint density at radius 3 is 1.65 bits per heavy atom. The van der Waals surface area contributed by atoms with Gasteiger partial charge in [0.15, 0.2) is 17.7 Å². The fourth-order valence-electron chi connectivity index (χ4n) is 11.4. The number of H-pyrrole nitrogens is 1. The summed E-state index contributed by atoms with van der Waals surface area (Å²) in [4.78, 5) is 34.9. The second-order valence-electron chi connectivity index (χ2n) is 20.2. The molecule has 2 aromatic heterocycles. The maximum atomic E-state index is 15.3. The number of aromatic nitrogens is 2. The molecule has 2 amide bonds. The molecular weight excluding hydrogens is 998 g/mol. The molecular formula is C64H56BN3O11. The Balaban J connectivity index is 1.07. The zero-order valence-electron chi connectivity index (χ0n) is 43.4. The second-order valence-corrected chi connectivity index (χ2v) is 20.2. The molecule has 8 aromatic carbocycles. The highest BCUT2D eigenvalue weighted by atomic mass is 16.6. The molecule has 3 aliphatic rings. The molecule has 5 heterocycles. The first kappa shape index (κ1) is 50.2. The highest BCUT2D eigenvalue weighted by Crippen LogP contribution is 2.50. The van der Waals surface area contributed by atoms with Crippen molar-refractivity contribution in [1.29, 1.82) is 0 Å². The predicted octanol–water partition coefficient (Wildman–Crippen LogP) is 11.4. The van der Waals surface area contributed by atoms with E-state index in [4.69, 9.17) is 37.9 Å². The first-order valence-electron chi connectivity index (χ1n) is 26.7. The van der Waals surface area contributed by atoms with Crippen LogP contribution in [-0.4, -0.2) is 82.5 Å². The topological polar surface area (TPSA) is 152 Å². The Hall–Kier alpha value is -8.28. The van der Waals surface area contributed by atoms with Crippen molar-refractivity contribution in [3.63, 3.8) is 0 Å². The summed E-state index contributed by atoms with van der Waals surface area (Å²) in [5, 5.41) is 13.4. The molecule has 0 aliphatic carbocycles. The molecule has 0 saturated carbocycles. The average Bonchev–Trinajstić information content (AvgIpc) is 3.61. The van der Waals surface area contributed by atoms with E-state index >= 15 is 9.59 Å². The lowest BCUT2D eigenvalue weighted by molar-refractivity contribution is -0.288. The quantitative estimate of drug-likeness (QED) is 0.0624. The number of carbonyl (C=O) groups excluding carboxylic acids is 2. The molecule has 396 valence electrons. The molecule has 13 rings (SSSR count). The minimum absolute atomic E-state index is 0.0924. The molecule has 5 atom stereocenters. The van der Waals surface area contributed by atoms with E-state index in [1.807, 2.05) is 182 Å². The SMILES string of the molecule is CB(O)N1C(=O)c2c(c3c4cc(OCc5ccccc5)ccc4n(C4OC(COCc5ccccc5)C(OCc5ccccc5)C(OCc5ccccc5)C4OCc4ccccc4)c3c3[nH]c4cc5c(cc4c23)OCCO5)C1=O. The van der Waals surface area contributed by atoms with Gasteiger partial charge >= 0.3 is 7.05 Å². The lowest BCUT2D eigenvalue weighted by Gasteiger charge is -2.47. The molecule has 2 N–H and O–H groups in total. The van der Waals surface area contributed by atoms with E-state index in [1.165, 1.54) is 6.82 Å². The predicted molar refractivity (Wildman–Crippen MR) is 300 cm³/mol. The summed E-state index contributed by atoms with van der Waals surface area (Å²) in [7, 11) is -1.45. The van der Waals surface area contributed by atoms with E-state index in [2.05, 4.69) is 9.55 Å². The number of fused-ring (bicyclic) bond motifs is 11. The van der Waals surface area contributed by atoms with Gasteiger partial charge in [0.1, 0.15) is 50.0 Å². The number of carbonyl (C=O) groups is 2. The molecule has 15 heteroatoms. The van der Waals surface area contributed by atoms with Crippen LogP contribution in [0.4, 0.5) is 0 Å². The number of rotatable bonds is 18. The zero-order valence-corrected chi connectivity index (χ0v) is 43.4. The molecule has 0 bridgehead atoms. The van der Waals surface area contributed by atoms with Gasteiger partial charge in [0.25, 0.3) is 11.8 Å². The zero-order chi connectivity index (χ0) is 53.4. The van der Waals surface area contributed by atoms with Crippen LogP contribution in [0.2, 0.25) is 6.82 Å². The molecule has 79 heavy (non-hydrogen) atoms. The molecule has 5 unspecified atom stereocenters. The van der Waals surface area contributed by atoms with Crippen LogP contribution in [-0.2, 0) is 56.7 Å². The molecule has 1 fully saturated rings. The summed E-state index contributed by atoms with van der Waals surface area (Å²) in [6.45, 7) is 3.40. The number of ether oxygens (including phenoxy) is 8. The number of hydrogen-bond donors (Lipinski definition) is 2. The Morgan fingerprint density at radius 2 is 1.08 bits per heavy atom. The van der Waals surface area contributed by atoms with Gasteiger partial charge < -0.3 is 52.5 Å². The average molecular weight is 1050 g/mol. The van der Waals surface area contributed by atoms with Gasteiger partial charge in [0.2, 0.25) is 0 Å². The van der Waals surface area contributed by atoms with Gasteiger partial charge in [-0.2, -0.15) is 0 Å². The van der Waals surface area contributed by atoms with Crippen molar-refractivity contribution in [3.8, 4) is 17.2 Å². The van der Waals surface area contributed by atoms with Crippen molar-refractivity contribution >= 4 is 62.5 Å². The van der Waals surface area contributed by atoms with E-state index in [-0.39, 0.29) is 44.2 Å². The number of benzene rings is 8. The number of nitrogens with zero attached hydrogens (tertiary/aromatic N) is 2. The van der Waals surface area contributed by atoms with Crippen LogP contribution in [0.15, 0.2) is 182 Å². The van der Waals surface area contributed by atoms with Crippen molar-refractivity contribution in [2.75, 3.05) is 19.8 Å². The number of imide groups is 1. The van der Waals surface area contributed by atoms with Gasteiger partial charge in [-0.05, 0) is 58.9 Å². The van der Waals surface area contributed by atoms with Crippen LogP contribution in [0, 0.1) is 0 Å². The van der Waals surface area contributed by atoms with E-state index in [9.17, 15) is 5.02 Å². The second kappa shape index (κ2) is 21.9. The van der Waals surface area contributed by atoms with Crippen LogP contribution in [0.1, 0.15) is 54.8 Å². The fraction of sp³-hybridized carbons (Fsp3) is 0.219. The van der Waals surface area contributed by atoms with Crippen LogP contribution in [0.3, 0.4) is 0 Å². The van der Waals surface area contributed by atoms with Crippen molar-refractivity contribution < 1.29 is 52.5 Å². The lowest BCUT2D eigenvalue weighted by atomic mass is 9.85. The van der Waals surface area contributed by atoms with E-state index in [1.54, 1.807) is 0 Å². The molecule has 0 spiro atoms. The van der Waals surface area contributed by atoms with Gasteiger partial charge in [-0.15, -0.1) is 0 Å². The third-order valence-electron chi connectivity index (χ3n) is 15.0. The minimum atomic E-state index is -1.45. The molecule has 3 aliphatic heterocycles. The minimum Gasteiger partial charge on any atom is -0.489 e. The summed E-state index contributed by atoms with van der Waals surface area (Å²) in [6.07, 6.45) is -4.31. The largest absolute Gasteiger partial charge is 0.489 e. The van der Waals surface area contributed by atoms with Crippen molar-refractivity contribution in [2.24, 2.45) is 0 Å². The van der Waals surface area contributed by atoms with Crippen LogP contribution in [0.25, 0.3) is 43.6 Å². The highest BCUT2D eigenvalue weighted by Gasteiger charge is 2.51. The maximum Gasteiger partial charge on any atom is 0.419 e. The Kier molecular flexibility index (Phi) is 13.9. The number of aromatic amines is 1. The third kappa shape index (κ3) is 9.68. The molecule has 14 nitrogen and oxygen atoms in total. The third-order valence-corrected chi connectivity index (χ3v) is 15.0. The van der Waals surface area contributed by atoms with E-state index in [0.717, 1.165) is 32.6 Å². The summed E-state index contributed by atoms with van der Waals surface area (Å²) < 4.78 is 56.8. The first-order valence-corrected chi connectivity index (χ1v) is 26.7. The number of nitrogens with one attached hydrogen (secondary N) is 1. The molecule has 1 saturated heterocycles. The highest BCUT2D eigenvalue weighted by molar-refractivity contribution is 6.59. The van der Waals surface area contributed by atoms with E-state index in [0.29, 0.717) is 80.7 Å². The number of amides is 2. The van der Waals surface area contributed by atoms with Crippen molar-refractivity contribution in [1.82, 2.24) is 14.4 Å². The summed E-state index contributed by atoms with van der Waals surface area (Å²) in [6, 6.07) is 59.3. The molecule has 10 aromatic rings. The summed E-state index contributed by atoms with van der Waals surface area (Å²) >= 11 is 0. The Bertz CT molecular complexity index is 3820.